The second kappa shape index (κ2) is 12.9. The first-order valence-corrected chi connectivity index (χ1v) is 14.4. The van der Waals surface area contributed by atoms with Crippen LogP contribution in [0.4, 0.5) is 5.69 Å². The molecule has 7 nitrogen and oxygen atoms in total. The highest BCUT2D eigenvalue weighted by molar-refractivity contribution is 7.92. The summed E-state index contributed by atoms with van der Waals surface area (Å²) < 4.78 is 26.6. The molecule has 1 atom stereocenters. The third-order valence-corrected chi connectivity index (χ3v) is 7.43. The zero-order chi connectivity index (χ0) is 27.0. The molecular formula is C28H41N3O4S. The van der Waals surface area contributed by atoms with Crippen LogP contribution < -0.4 is 9.62 Å². The molecule has 2 amide bonds. The molecule has 0 unspecified atom stereocenters. The molecule has 0 bridgehead atoms. The van der Waals surface area contributed by atoms with Crippen molar-refractivity contribution in [1.82, 2.24) is 10.2 Å². The van der Waals surface area contributed by atoms with Gasteiger partial charge in [0, 0.05) is 25.6 Å². The standard InChI is InChI=1S/C28H41N3O4S/c1-8-25(28(33)29-20(2)3)30(19-24-14-9-12-21(4)18-24)27(32)16-11-17-31(36(7,34)35)26-15-10-13-22(5)23(26)6/h9-10,12-15,18,20,25H,8,11,16-17,19H2,1-7H3,(H,29,33)/t25-/m1/s1. The van der Waals surface area contributed by atoms with Crippen molar-refractivity contribution in [2.75, 3.05) is 17.1 Å². The highest BCUT2D eigenvalue weighted by atomic mass is 32.2. The minimum Gasteiger partial charge on any atom is -0.352 e. The second-order valence-electron chi connectivity index (χ2n) is 9.76. The van der Waals surface area contributed by atoms with Gasteiger partial charge in [0.2, 0.25) is 21.8 Å². The molecule has 0 heterocycles. The lowest BCUT2D eigenvalue weighted by atomic mass is 10.1. The Balaban J connectivity index is 2.25. The van der Waals surface area contributed by atoms with Gasteiger partial charge in [0.05, 0.1) is 11.9 Å². The Hall–Kier alpha value is -2.87. The van der Waals surface area contributed by atoms with Crippen molar-refractivity contribution >= 4 is 27.5 Å². The van der Waals surface area contributed by atoms with Gasteiger partial charge in [-0.1, -0.05) is 48.9 Å². The van der Waals surface area contributed by atoms with Crippen molar-refractivity contribution in [3.63, 3.8) is 0 Å². The van der Waals surface area contributed by atoms with Crippen LogP contribution in [0.3, 0.4) is 0 Å². The Morgan fingerprint density at radius 1 is 1.03 bits per heavy atom. The van der Waals surface area contributed by atoms with Gasteiger partial charge in [0.25, 0.3) is 0 Å². The normalized spacial score (nSPS) is 12.3. The maximum Gasteiger partial charge on any atom is 0.243 e. The molecule has 2 rings (SSSR count). The number of carbonyl (C=O) groups excluding carboxylic acids is 2. The Bertz CT molecular complexity index is 1160. The first-order chi connectivity index (χ1) is 16.8. The van der Waals surface area contributed by atoms with E-state index in [0.717, 1.165) is 22.3 Å². The number of hydrogen-bond donors (Lipinski definition) is 1. The van der Waals surface area contributed by atoms with Crippen LogP contribution in [0.15, 0.2) is 42.5 Å². The van der Waals surface area contributed by atoms with E-state index in [1.807, 2.05) is 77.9 Å². The van der Waals surface area contributed by atoms with E-state index in [9.17, 15) is 18.0 Å². The van der Waals surface area contributed by atoms with Crippen LogP contribution in [0.5, 0.6) is 0 Å². The molecule has 0 saturated carbocycles. The lowest BCUT2D eigenvalue weighted by Gasteiger charge is -2.32. The summed E-state index contributed by atoms with van der Waals surface area (Å²) in [6.07, 6.45) is 2.14. The second-order valence-corrected chi connectivity index (χ2v) is 11.7. The third-order valence-electron chi connectivity index (χ3n) is 6.25. The van der Waals surface area contributed by atoms with Gasteiger partial charge in [-0.15, -0.1) is 0 Å². The van der Waals surface area contributed by atoms with Crippen molar-refractivity contribution in [2.45, 2.75) is 79.4 Å². The van der Waals surface area contributed by atoms with Crippen LogP contribution in [0.2, 0.25) is 0 Å². The third kappa shape index (κ3) is 8.08. The minimum atomic E-state index is -3.53. The zero-order valence-corrected chi connectivity index (χ0v) is 23.5. The smallest absolute Gasteiger partial charge is 0.243 e. The van der Waals surface area contributed by atoms with E-state index in [1.54, 1.807) is 11.0 Å². The number of amides is 2. The Labute approximate surface area is 216 Å². The molecule has 0 spiro atoms. The van der Waals surface area contributed by atoms with Crippen molar-refractivity contribution in [2.24, 2.45) is 0 Å². The molecule has 0 aliphatic rings. The highest BCUT2D eigenvalue weighted by Crippen LogP contribution is 2.25. The van der Waals surface area contributed by atoms with E-state index in [1.165, 1.54) is 10.6 Å². The molecule has 0 aliphatic carbocycles. The van der Waals surface area contributed by atoms with Gasteiger partial charge in [-0.3, -0.25) is 13.9 Å². The van der Waals surface area contributed by atoms with Crippen LogP contribution in [-0.2, 0) is 26.2 Å². The summed E-state index contributed by atoms with van der Waals surface area (Å²) in [5.41, 5.74) is 4.56. The van der Waals surface area contributed by atoms with Crippen molar-refractivity contribution in [1.29, 1.82) is 0 Å². The van der Waals surface area contributed by atoms with Crippen molar-refractivity contribution in [3.05, 3.63) is 64.7 Å². The van der Waals surface area contributed by atoms with Crippen molar-refractivity contribution < 1.29 is 18.0 Å². The van der Waals surface area contributed by atoms with E-state index in [-0.39, 0.29) is 30.8 Å². The van der Waals surface area contributed by atoms with Gasteiger partial charge in [-0.05, 0) is 70.2 Å². The predicted octanol–water partition coefficient (Wildman–Crippen LogP) is 4.49. The summed E-state index contributed by atoms with van der Waals surface area (Å²) in [7, 11) is -3.53. The summed E-state index contributed by atoms with van der Waals surface area (Å²) in [5, 5.41) is 2.93. The van der Waals surface area contributed by atoms with Gasteiger partial charge in [-0.2, -0.15) is 0 Å². The molecule has 2 aromatic carbocycles. The van der Waals surface area contributed by atoms with E-state index < -0.39 is 16.1 Å². The molecular weight excluding hydrogens is 474 g/mol. The summed E-state index contributed by atoms with van der Waals surface area (Å²) in [5.74, 6) is -0.349. The lowest BCUT2D eigenvalue weighted by molar-refractivity contribution is -0.141. The van der Waals surface area contributed by atoms with Crippen LogP contribution in [0.25, 0.3) is 0 Å². The van der Waals surface area contributed by atoms with E-state index in [0.29, 0.717) is 25.1 Å². The number of anilines is 1. The molecule has 0 fully saturated rings. The number of carbonyl (C=O) groups is 2. The molecule has 1 N–H and O–H groups in total. The monoisotopic (exact) mass is 515 g/mol. The summed E-state index contributed by atoms with van der Waals surface area (Å²) in [6.45, 7) is 12.0. The Morgan fingerprint density at radius 3 is 2.28 bits per heavy atom. The quantitative estimate of drug-likeness (QED) is 0.451. The van der Waals surface area contributed by atoms with E-state index >= 15 is 0 Å². The van der Waals surface area contributed by atoms with Crippen LogP contribution in [0.1, 0.15) is 62.3 Å². The zero-order valence-electron chi connectivity index (χ0n) is 22.7. The van der Waals surface area contributed by atoms with E-state index in [2.05, 4.69) is 5.32 Å². The SMILES string of the molecule is CC[C@H](C(=O)NC(C)C)N(Cc1cccc(C)c1)C(=O)CCCN(c1cccc(C)c1C)S(C)(=O)=O. The fourth-order valence-corrected chi connectivity index (χ4v) is 5.31. The van der Waals surface area contributed by atoms with Crippen LogP contribution in [0, 0.1) is 20.8 Å². The Morgan fingerprint density at radius 2 is 1.69 bits per heavy atom. The molecule has 198 valence electrons. The summed E-state index contributed by atoms with van der Waals surface area (Å²) >= 11 is 0. The molecule has 0 aliphatic heterocycles. The van der Waals surface area contributed by atoms with Gasteiger partial charge in [0.15, 0.2) is 0 Å². The highest BCUT2D eigenvalue weighted by Gasteiger charge is 2.29. The fraction of sp³-hybridized carbons (Fsp3) is 0.500. The first kappa shape index (κ1) is 29.4. The van der Waals surface area contributed by atoms with Gasteiger partial charge in [-0.25, -0.2) is 8.42 Å². The summed E-state index contributed by atoms with van der Waals surface area (Å²) in [4.78, 5) is 28.1. The number of hydrogen-bond acceptors (Lipinski definition) is 4. The van der Waals surface area contributed by atoms with Crippen LogP contribution >= 0.6 is 0 Å². The lowest BCUT2D eigenvalue weighted by Crippen LogP contribution is -2.50. The molecule has 8 heteroatoms. The first-order valence-electron chi connectivity index (χ1n) is 12.5. The molecule has 0 saturated heterocycles. The number of nitrogens with one attached hydrogen (secondary N) is 1. The fourth-order valence-electron chi connectivity index (χ4n) is 4.30. The molecule has 36 heavy (non-hydrogen) atoms. The predicted molar refractivity (Wildman–Crippen MR) is 146 cm³/mol. The maximum atomic E-state index is 13.5. The number of benzene rings is 2. The topological polar surface area (TPSA) is 86.8 Å². The van der Waals surface area contributed by atoms with E-state index in [4.69, 9.17) is 0 Å². The van der Waals surface area contributed by atoms with Gasteiger partial charge in [0.1, 0.15) is 6.04 Å². The average molecular weight is 516 g/mol. The van der Waals surface area contributed by atoms with Gasteiger partial charge < -0.3 is 10.2 Å². The minimum absolute atomic E-state index is 0.0386. The average Bonchev–Trinajstić information content (AvgIpc) is 2.77. The largest absolute Gasteiger partial charge is 0.352 e. The Kier molecular flexibility index (Phi) is 10.5. The maximum absolute atomic E-state index is 13.5. The number of nitrogens with zero attached hydrogens (tertiary/aromatic N) is 2. The van der Waals surface area contributed by atoms with Gasteiger partial charge >= 0.3 is 0 Å². The van der Waals surface area contributed by atoms with Crippen LogP contribution in [-0.4, -0.2) is 50.0 Å². The molecule has 2 aromatic rings. The molecule has 0 radical (unpaired) electrons. The number of sulfonamides is 1. The summed E-state index contributed by atoms with van der Waals surface area (Å²) in [6, 6.07) is 12.8. The van der Waals surface area contributed by atoms with Crippen molar-refractivity contribution in [3.8, 4) is 0 Å². The number of rotatable bonds is 12. The molecule has 0 aromatic heterocycles. The number of aryl methyl sites for hydroxylation is 2.